The van der Waals surface area contributed by atoms with E-state index in [4.69, 9.17) is 0 Å². The number of benzene rings is 1. The molecule has 2 fully saturated rings. The standard InChI is InChI=1S/C19H19N3O5/c23-16-10-13(18(26)27)19(21-16)5-7-22(8-6-19)15-9-12(17(24)25)11-3-1-2-4-14(11)20-15/h1-4,9,13H,5-8,10H2,(H,21,23)(H,24,25)(H,26,27)/t13-/m0/s1. The molecule has 8 nitrogen and oxygen atoms in total. The van der Waals surface area contributed by atoms with Crippen molar-refractivity contribution < 1.29 is 24.6 Å². The molecule has 1 aromatic heterocycles. The van der Waals surface area contributed by atoms with E-state index in [1.165, 1.54) is 0 Å². The summed E-state index contributed by atoms with van der Waals surface area (Å²) in [6, 6.07) is 8.64. The Bertz CT molecular complexity index is 950. The Labute approximate surface area is 154 Å². The fourth-order valence-corrected chi connectivity index (χ4v) is 4.23. The van der Waals surface area contributed by atoms with Gasteiger partial charge in [0.15, 0.2) is 0 Å². The summed E-state index contributed by atoms with van der Waals surface area (Å²) in [5, 5.41) is 22.5. The molecule has 3 heterocycles. The van der Waals surface area contributed by atoms with Gasteiger partial charge in [0.1, 0.15) is 5.82 Å². The average Bonchev–Trinajstić information content (AvgIpc) is 2.97. The number of aromatic nitrogens is 1. The maximum absolute atomic E-state index is 11.8. The predicted molar refractivity (Wildman–Crippen MR) is 96.8 cm³/mol. The summed E-state index contributed by atoms with van der Waals surface area (Å²) in [7, 11) is 0. The van der Waals surface area contributed by atoms with Gasteiger partial charge >= 0.3 is 11.9 Å². The smallest absolute Gasteiger partial charge is 0.336 e. The molecule has 1 spiro atoms. The molecule has 140 valence electrons. The van der Waals surface area contributed by atoms with Crippen molar-refractivity contribution in [3.63, 3.8) is 0 Å². The van der Waals surface area contributed by atoms with Crippen LogP contribution in [-0.2, 0) is 9.59 Å². The average molecular weight is 369 g/mol. The molecule has 8 heteroatoms. The van der Waals surface area contributed by atoms with Gasteiger partial charge in [-0.2, -0.15) is 0 Å². The number of rotatable bonds is 3. The Hall–Kier alpha value is -3.16. The summed E-state index contributed by atoms with van der Waals surface area (Å²) in [4.78, 5) is 41.5. The van der Waals surface area contributed by atoms with E-state index in [0.29, 0.717) is 42.7 Å². The van der Waals surface area contributed by atoms with Crippen molar-refractivity contribution in [2.24, 2.45) is 5.92 Å². The molecule has 2 saturated heterocycles. The van der Waals surface area contributed by atoms with Gasteiger partial charge < -0.3 is 20.4 Å². The number of hydrogen-bond donors (Lipinski definition) is 3. The number of nitrogens with one attached hydrogen (secondary N) is 1. The molecule has 3 N–H and O–H groups in total. The number of anilines is 1. The monoisotopic (exact) mass is 369 g/mol. The van der Waals surface area contributed by atoms with Crippen molar-refractivity contribution in [1.82, 2.24) is 10.3 Å². The van der Waals surface area contributed by atoms with Crippen LogP contribution in [0.25, 0.3) is 10.9 Å². The zero-order chi connectivity index (χ0) is 19.2. The van der Waals surface area contributed by atoms with Gasteiger partial charge in [-0.15, -0.1) is 0 Å². The Morgan fingerprint density at radius 1 is 1.19 bits per heavy atom. The van der Waals surface area contributed by atoms with Crippen LogP contribution in [0.3, 0.4) is 0 Å². The van der Waals surface area contributed by atoms with Gasteiger partial charge in [-0.25, -0.2) is 9.78 Å². The number of amides is 1. The van der Waals surface area contributed by atoms with E-state index in [1.54, 1.807) is 24.3 Å². The van der Waals surface area contributed by atoms with Crippen LogP contribution < -0.4 is 10.2 Å². The largest absolute Gasteiger partial charge is 0.481 e. The maximum atomic E-state index is 11.8. The molecule has 1 aromatic carbocycles. The number of hydrogen-bond acceptors (Lipinski definition) is 5. The molecule has 0 aliphatic carbocycles. The van der Waals surface area contributed by atoms with E-state index in [1.807, 2.05) is 11.0 Å². The van der Waals surface area contributed by atoms with Crippen LogP contribution >= 0.6 is 0 Å². The Balaban J connectivity index is 1.63. The first-order valence-electron chi connectivity index (χ1n) is 8.81. The van der Waals surface area contributed by atoms with Crippen LogP contribution in [0.2, 0.25) is 0 Å². The fourth-order valence-electron chi connectivity index (χ4n) is 4.23. The number of carboxylic acid groups (broad SMARTS) is 2. The molecule has 1 amide bonds. The first-order chi connectivity index (χ1) is 12.9. The zero-order valence-corrected chi connectivity index (χ0v) is 14.5. The summed E-state index contributed by atoms with van der Waals surface area (Å²) >= 11 is 0. The van der Waals surface area contributed by atoms with Crippen LogP contribution in [0.15, 0.2) is 30.3 Å². The first-order valence-corrected chi connectivity index (χ1v) is 8.81. The lowest BCUT2D eigenvalue weighted by molar-refractivity contribution is -0.144. The van der Waals surface area contributed by atoms with E-state index >= 15 is 0 Å². The summed E-state index contributed by atoms with van der Waals surface area (Å²) in [6.45, 7) is 0.989. The first kappa shape index (κ1) is 17.3. The van der Waals surface area contributed by atoms with Crippen LogP contribution in [0.4, 0.5) is 5.82 Å². The van der Waals surface area contributed by atoms with Crippen molar-refractivity contribution in [3.8, 4) is 0 Å². The molecule has 0 unspecified atom stereocenters. The zero-order valence-electron chi connectivity index (χ0n) is 14.5. The third-order valence-corrected chi connectivity index (χ3v) is 5.66. The van der Waals surface area contributed by atoms with Gasteiger partial charge in [0.05, 0.1) is 22.5 Å². The number of carboxylic acids is 2. The molecule has 2 aliphatic heterocycles. The Morgan fingerprint density at radius 3 is 2.56 bits per heavy atom. The lowest BCUT2D eigenvalue weighted by Crippen LogP contribution is -2.55. The van der Waals surface area contributed by atoms with E-state index in [-0.39, 0.29) is 17.9 Å². The number of aliphatic carboxylic acids is 1. The van der Waals surface area contributed by atoms with Crippen molar-refractivity contribution in [2.75, 3.05) is 18.0 Å². The number of fused-ring (bicyclic) bond motifs is 1. The molecule has 0 radical (unpaired) electrons. The molecule has 27 heavy (non-hydrogen) atoms. The molecule has 4 rings (SSSR count). The lowest BCUT2D eigenvalue weighted by Gasteiger charge is -2.42. The molecule has 2 aliphatic rings. The van der Waals surface area contributed by atoms with Gasteiger partial charge in [-0.3, -0.25) is 9.59 Å². The van der Waals surface area contributed by atoms with Gasteiger partial charge in [0, 0.05) is 24.9 Å². The summed E-state index contributed by atoms with van der Waals surface area (Å²) in [5.74, 6) is -2.38. The minimum absolute atomic E-state index is 0.00667. The number of piperidine rings is 1. The van der Waals surface area contributed by atoms with Crippen molar-refractivity contribution in [1.29, 1.82) is 0 Å². The summed E-state index contributed by atoms with van der Waals surface area (Å²) in [5.41, 5.74) is 0.0602. The topological polar surface area (TPSA) is 120 Å². The second-order valence-electron chi connectivity index (χ2n) is 7.14. The van der Waals surface area contributed by atoms with Crippen molar-refractivity contribution in [2.45, 2.75) is 24.8 Å². The Kier molecular flexibility index (Phi) is 3.98. The SMILES string of the molecule is O=C1C[C@@H](C(=O)O)C2(CCN(c3cc(C(=O)O)c4ccccc4n3)CC2)N1. The number of para-hydroxylation sites is 1. The van der Waals surface area contributed by atoms with E-state index < -0.39 is 23.4 Å². The van der Waals surface area contributed by atoms with Gasteiger partial charge in [-0.05, 0) is 25.0 Å². The number of pyridine rings is 1. The predicted octanol–water partition coefficient (Wildman–Crippen LogP) is 1.49. The number of aromatic carboxylic acids is 1. The normalized spacial score (nSPS) is 21.4. The molecule has 2 aromatic rings. The number of nitrogens with zero attached hydrogens (tertiary/aromatic N) is 2. The fraction of sp³-hybridized carbons (Fsp3) is 0.368. The summed E-state index contributed by atoms with van der Waals surface area (Å²) in [6.07, 6.45) is 0.964. The highest BCUT2D eigenvalue weighted by molar-refractivity contribution is 6.03. The van der Waals surface area contributed by atoms with Crippen LogP contribution in [0.5, 0.6) is 0 Å². The van der Waals surface area contributed by atoms with E-state index in [2.05, 4.69) is 10.3 Å². The van der Waals surface area contributed by atoms with Crippen LogP contribution in [-0.4, -0.2) is 51.7 Å². The van der Waals surface area contributed by atoms with Gasteiger partial charge in [-0.1, -0.05) is 18.2 Å². The second-order valence-corrected chi connectivity index (χ2v) is 7.14. The molecule has 0 bridgehead atoms. The van der Waals surface area contributed by atoms with Gasteiger partial charge in [0.2, 0.25) is 5.91 Å². The maximum Gasteiger partial charge on any atom is 0.336 e. The van der Waals surface area contributed by atoms with Crippen molar-refractivity contribution in [3.05, 3.63) is 35.9 Å². The van der Waals surface area contributed by atoms with E-state index in [0.717, 1.165) is 0 Å². The quantitative estimate of drug-likeness (QED) is 0.750. The molecular formula is C19H19N3O5. The minimum Gasteiger partial charge on any atom is -0.481 e. The highest BCUT2D eigenvalue weighted by Crippen LogP contribution is 2.38. The molecule has 0 saturated carbocycles. The summed E-state index contributed by atoms with van der Waals surface area (Å²) < 4.78 is 0. The second kappa shape index (κ2) is 6.22. The lowest BCUT2D eigenvalue weighted by atomic mass is 9.77. The molecular weight excluding hydrogens is 350 g/mol. The third kappa shape index (κ3) is 2.87. The highest BCUT2D eigenvalue weighted by atomic mass is 16.4. The van der Waals surface area contributed by atoms with Crippen LogP contribution in [0.1, 0.15) is 29.6 Å². The van der Waals surface area contributed by atoms with Crippen molar-refractivity contribution >= 4 is 34.6 Å². The number of carbonyl (C=O) groups excluding carboxylic acids is 1. The third-order valence-electron chi connectivity index (χ3n) is 5.66. The minimum atomic E-state index is -1.02. The van der Waals surface area contributed by atoms with Gasteiger partial charge in [0.25, 0.3) is 0 Å². The molecule has 1 atom stereocenters. The van der Waals surface area contributed by atoms with Crippen LogP contribution in [0, 0.1) is 5.92 Å². The van der Waals surface area contributed by atoms with E-state index in [9.17, 15) is 24.6 Å². The highest BCUT2D eigenvalue weighted by Gasteiger charge is 2.51. The number of carbonyl (C=O) groups is 3. The Morgan fingerprint density at radius 2 is 1.89 bits per heavy atom.